The van der Waals surface area contributed by atoms with Gasteiger partial charge in [-0.3, -0.25) is 4.79 Å². The average molecular weight is 555 g/mol. The number of carbonyl (C=O) groups is 1. The number of ether oxygens (including phenoxy) is 7. The van der Waals surface area contributed by atoms with E-state index in [0.29, 0.717) is 35.0 Å². The van der Waals surface area contributed by atoms with Crippen molar-refractivity contribution in [3.63, 3.8) is 0 Å². The number of allylic oxidation sites excluding steroid dienone is 4. The number of carbonyl (C=O) groups excluding carboxylic acids is 1. The third-order valence-electron chi connectivity index (χ3n) is 6.04. The third-order valence-corrected chi connectivity index (χ3v) is 6.04. The monoisotopic (exact) mass is 554 g/mol. The fraction of sp³-hybridized carbons (Fsp3) is 0.406. The van der Waals surface area contributed by atoms with Crippen LogP contribution in [0.1, 0.15) is 48.7 Å². The van der Waals surface area contributed by atoms with Crippen molar-refractivity contribution < 1.29 is 38.0 Å². The number of hydrogen-bond donors (Lipinski definition) is 0. The van der Waals surface area contributed by atoms with Crippen LogP contribution in [0, 0.1) is 5.92 Å². The first-order valence-electron chi connectivity index (χ1n) is 13.0. The molecule has 2 aromatic carbocycles. The highest BCUT2D eigenvalue weighted by Crippen LogP contribution is 2.42. The summed E-state index contributed by atoms with van der Waals surface area (Å²) in [6.45, 7) is 10.4. The Morgan fingerprint density at radius 1 is 0.875 bits per heavy atom. The van der Waals surface area contributed by atoms with Crippen LogP contribution in [0.3, 0.4) is 0 Å². The van der Waals surface area contributed by atoms with Gasteiger partial charge in [0, 0.05) is 33.0 Å². The maximum Gasteiger partial charge on any atom is 0.193 e. The van der Waals surface area contributed by atoms with Crippen LogP contribution in [0.4, 0.5) is 0 Å². The highest BCUT2D eigenvalue weighted by atomic mass is 16.7. The van der Waals surface area contributed by atoms with E-state index >= 15 is 0 Å². The van der Waals surface area contributed by atoms with Gasteiger partial charge in [0.15, 0.2) is 26.2 Å². The molecule has 8 heteroatoms. The van der Waals surface area contributed by atoms with E-state index in [-0.39, 0.29) is 37.6 Å². The third kappa shape index (κ3) is 9.86. The Morgan fingerprint density at radius 3 is 2.08 bits per heavy atom. The number of methoxy groups -OCH3 is 4. The molecule has 0 aliphatic carbocycles. The molecule has 0 spiro atoms. The van der Waals surface area contributed by atoms with E-state index < -0.39 is 0 Å². The van der Waals surface area contributed by atoms with Gasteiger partial charge < -0.3 is 33.2 Å². The van der Waals surface area contributed by atoms with Crippen LogP contribution in [0.25, 0.3) is 6.08 Å². The Bertz CT molecular complexity index is 1160. The van der Waals surface area contributed by atoms with E-state index in [1.165, 1.54) is 25.9 Å². The van der Waals surface area contributed by atoms with Crippen molar-refractivity contribution in [3.8, 4) is 23.0 Å². The second-order valence-electron chi connectivity index (χ2n) is 9.44. The van der Waals surface area contributed by atoms with Crippen molar-refractivity contribution in [1.82, 2.24) is 0 Å². The summed E-state index contributed by atoms with van der Waals surface area (Å²) in [5.74, 6) is 1.61. The highest BCUT2D eigenvalue weighted by Gasteiger charge is 2.27. The Balaban J connectivity index is 2.60. The fourth-order valence-electron chi connectivity index (χ4n) is 3.91. The van der Waals surface area contributed by atoms with Gasteiger partial charge in [0.25, 0.3) is 0 Å². The molecule has 0 N–H and O–H groups in total. The second-order valence-corrected chi connectivity index (χ2v) is 9.44. The first kappa shape index (κ1) is 32.6. The van der Waals surface area contributed by atoms with Gasteiger partial charge in [0.2, 0.25) is 0 Å². The molecule has 1 atom stereocenters. The van der Waals surface area contributed by atoms with Gasteiger partial charge in [0.1, 0.15) is 28.6 Å². The van der Waals surface area contributed by atoms with Crippen LogP contribution in [0.15, 0.2) is 60.2 Å². The van der Waals surface area contributed by atoms with Crippen molar-refractivity contribution >= 4 is 11.9 Å². The zero-order valence-corrected chi connectivity index (χ0v) is 24.7. The summed E-state index contributed by atoms with van der Waals surface area (Å²) in [6, 6.07) is 9.01. The number of hydrogen-bond acceptors (Lipinski definition) is 8. The van der Waals surface area contributed by atoms with Crippen molar-refractivity contribution in [3.05, 3.63) is 76.9 Å². The molecular formula is C32H42O8. The van der Waals surface area contributed by atoms with Gasteiger partial charge in [-0.15, -0.1) is 0 Å². The lowest BCUT2D eigenvalue weighted by Crippen LogP contribution is -2.15. The molecule has 0 radical (unpaired) electrons. The average Bonchev–Trinajstić information content (AvgIpc) is 2.94. The first-order chi connectivity index (χ1) is 19.2. The van der Waals surface area contributed by atoms with Gasteiger partial charge in [0.05, 0.1) is 7.11 Å². The second kappa shape index (κ2) is 17.2. The number of ketones is 1. The van der Waals surface area contributed by atoms with Gasteiger partial charge in [-0.05, 0) is 63.3 Å². The zero-order chi connectivity index (χ0) is 29.5. The normalized spacial score (nSPS) is 11.7. The minimum atomic E-state index is -0.293. The van der Waals surface area contributed by atoms with E-state index in [1.54, 1.807) is 38.5 Å². The molecule has 8 nitrogen and oxygen atoms in total. The molecule has 0 saturated heterocycles. The molecule has 2 rings (SSSR count). The fourth-order valence-corrected chi connectivity index (χ4v) is 3.91. The summed E-state index contributed by atoms with van der Waals surface area (Å²) in [5, 5.41) is 0. The molecular weight excluding hydrogens is 512 g/mol. The Hall–Kier alpha value is -3.59. The maximum atomic E-state index is 13.7. The highest BCUT2D eigenvalue weighted by molar-refractivity contribution is 6.11. The van der Waals surface area contributed by atoms with E-state index in [0.717, 1.165) is 17.6 Å². The molecule has 0 amide bonds. The minimum absolute atomic E-state index is 0.0167. The van der Waals surface area contributed by atoms with Crippen LogP contribution in [0.5, 0.6) is 23.0 Å². The van der Waals surface area contributed by atoms with Crippen molar-refractivity contribution in [1.29, 1.82) is 0 Å². The minimum Gasteiger partial charge on any atom is -0.496 e. The van der Waals surface area contributed by atoms with Gasteiger partial charge in [-0.1, -0.05) is 42.0 Å². The quantitative estimate of drug-likeness (QED) is 0.0879. The van der Waals surface area contributed by atoms with Crippen molar-refractivity contribution in [2.75, 3.05) is 48.8 Å². The number of benzene rings is 2. The summed E-state index contributed by atoms with van der Waals surface area (Å²) < 4.78 is 38.4. The topological polar surface area (TPSA) is 81.7 Å². The lowest BCUT2D eigenvalue weighted by atomic mass is 9.87. The molecule has 0 fully saturated rings. The maximum absolute atomic E-state index is 13.7. The predicted octanol–water partition coefficient (Wildman–Crippen LogP) is 6.63. The van der Waals surface area contributed by atoms with Crippen LogP contribution >= 0.6 is 0 Å². The first-order valence-corrected chi connectivity index (χ1v) is 13.0. The van der Waals surface area contributed by atoms with E-state index in [9.17, 15) is 4.79 Å². The van der Waals surface area contributed by atoms with E-state index in [1.807, 2.05) is 19.1 Å². The smallest absolute Gasteiger partial charge is 0.193 e. The van der Waals surface area contributed by atoms with Gasteiger partial charge in [-0.2, -0.15) is 0 Å². The molecule has 0 heterocycles. The lowest BCUT2D eigenvalue weighted by Gasteiger charge is -2.24. The SMILES string of the molecule is C=C(C)C(CC=C(C)C)Cc1c(OCOC)cc(OC)c(C(=O)/C=C/c2ccc(OCOC)cc2)c1OCOC. The molecule has 0 bridgehead atoms. The van der Waals surface area contributed by atoms with E-state index in [4.69, 9.17) is 33.2 Å². The summed E-state index contributed by atoms with van der Waals surface area (Å²) >= 11 is 0. The molecule has 0 aliphatic heterocycles. The van der Waals surface area contributed by atoms with Crippen LogP contribution in [-0.4, -0.2) is 54.6 Å². The molecule has 0 saturated carbocycles. The van der Waals surface area contributed by atoms with Crippen molar-refractivity contribution in [2.45, 2.75) is 33.6 Å². The molecule has 1 unspecified atom stereocenters. The van der Waals surface area contributed by atoms with Gasteiger partial charge in [-0.25, -0.2) is 0 Å². The Kier molecular flexibility index (Phi) is 14.0. The van der Waals surface area contributed by atoms with Crippen LogP contribution in [0.2, 0.25) is 0 Å². The van der Waals surface area contributed by atoms with Gasteiger partial charge >= 0.3 is 0 Å². The number of rotatable bonds is 18. The summed E-state index contributed by atoms with van der Waals surface area (Å²) in [7, 11) is 6.13. The van der Waals surface area contributed by atoms with Crippen LogP contribution in [-0.2, 0) is 20.6 Å². The summed E-state index contributed by atoms with van der Waals surface area (Å²) in [5.41, 5.74) is 4.03. The Labute approximate surface area is 238 Å². The van der Waals surface area contributed by atoms with Crippen LogP contribution < -0.4 is 18.9 Å². The molecule has 2 aromatic rings. The standard InChI is InChI=1S/C32H42O8/c1-22(2)9-13-25(23(3)4)17-27-29(39-20-35-6)18-30(37-8)31(32(27)40-21-36-7)28(33)16-12-24-10-14-26(15-11-24)38-19-34-5/h9-12,14-16,18,25H,3,13,17,19-21H2,1-2,4-8H3/b16-12+. The predicted molar refractivity (Wildman–Crippen MR) is 156 cm³/mol. The largest absolute Gasteiger partial charge is 0.496 e. The Morgan fingerprint density at radius 2 is 1.50 bits per heavy atom. The summed E-state index contributed by atoms with van der Waals surface area (Å²) in [4.78, 5) is 13.7. The molecule has 218 valence electrons. The molecule has 40 heavy (non-hydrogen) atoms. The molecule has 0 aliphatic rings. The zero-order valence-electron chi connectivity index (χ0n) is 24.7. The van der Waals surface area contributed by atoms with Crippen molar-refractivity contribution in [2.24, 2.45) is 5.92 Å². The summed E-state index contributed by atoms with van der Waals surface area (Å²) in [6.07, 6.45) is 6.69. The molecule has 0 aromatic heterocycles. The van der Waals surface area contributed by atoms with E-state index in [2.05, 4.69) is 26.5 Å². The lowest BCUT2D eigenvalue weighted by molar-refractivity contribution is 0.0437.